The molecule has 0 aliphatic rings. The van der Waals surface area contributed by atoms with E-state index in [-0.39, 0.29) is 11.5 Å². The predicted octanol–water partition coefficient (Wildman–Crippen LogP) is 3.94. The first-order valence-electron chi connectivity index (χ1n) is 4.75. The van der Waals surface area contributed by atoms with Crippen molar-refractivity contribution < 1.29 is 13.9 Å². The Morgan fingerprint density at radius 2 is 2.12 bits per heavy atom. The van der Waals surface area contributed by atoms with Crippen molar-refractivity contribution in [2.45, 2.75) is 0 Å². The van der Waals surface area contributed by atoms with E-state index in [0.29, 0.717) is 21.0 Å². The summed E-state index contributed by atoms with van der Waals surface area (Å²) >= 11 is 9.03. The minimum absolute atomic E-state index is 0.217. The fourth-order valence-electron chi connectivity index (χ4n) is 1.38. The number of benzene rings is 1. The van der Waals surface area contributed by atoms with Gasteiger partial charge in [-0.25, -0.2) is 0 Å². The summed E-state index contributed by atoms with van der Waals surface area (Å²) < 4.78 is 10.8. The molecule has 88 valence electrons. The van der Waals surface area contributed by atoms with Crippen LogP contribution in [-0.2, 0) is 0 Å². The molecule has 0 atom stereocenters. The van der Waals surface area contributed by atoms with E-state index in [0.717, 1.165) is 0 Å². The highest BCUT2D eigenvalue weighted by Gasteiger charge is 2.15. The van der Waals surface area contributed by atoms with Crippen LogP contribution >= 0.6 is 27.5 Å². The minimum atomic E-state index is -0.217. The standard InChI is InChI=1S/C12H8BrClO3/c1-16-10-6-7(2-3-8(10)14)12(15)9-4-5-11(13)17-9/h2-6H,1H3. The van der Waals surface area contributed by atoms with Crippen LogP contribution in [0.3, 0.4) is 0 Å². The first kappa shape index (κ1) is 12.2. The number of furan rings is 1. The molecule has 0 bridgehead atoms. The van der Waals surface area contributed by atoms with E-state index in [2.05, 4.69) is 15.9 Å². The van der Waals surface area contributed by atoms with Gasteiger partial charge in [-0.05, 0) is 46.3 Å². The zero-order valence-electron chi connectivity index (χ0n) is 8.87. The van der Waals surface area contributed by atoms with Crippen molar-refractivity contribution in [3.63, 3.8) is 0 Å². The van der Waals surface area contributed by atoms with Crippen molar-refractivity contribution in [3.05, 3.63) is 51.3 Å². The van der Waals surface area contributed by atoms with Crippen LogP contribution in [0.4, 0.5) is 0 Å². The van der Waals surface area contributed by atoms with Crippen LogP contribution in [-0.4, -0.2) is 12.9 Å². The highest BCUT2D eigenvalue weighted by atomic mass is 79.9. The maximum Gasteiger partial charge on any atom is 0.228 e. The van der Waals surface area contributed by atoms with Gasteiger partial charge < -0.3 is 9.15 Å². The molecule has 0 aliphatic heterocycles. The number of halogens is 2. The van der Waals surface area contributed by atoms with Crippen LogP contribution in [0.5, 0.6) is 5.75 Å². The average molecular weight is 316 g/mol. The lowest BCUT2D eigenvalue weighted by molar-refractivity contribution is 0.101. The highest BCUT2D eigenvalue weighted by molar-refractivity contribution is 9.10. The van der Waals surface area contributed by atoms with Gasteiger partial charge in [0.15, 0.2) is 10.4 Å². The Morgan fingerprint density at radius 3 is 2.71 bits per heavy atom. The molecular weight excluding hydrogens is 307 g/mol. The molecule has 3 nitrogen and oxygen atoms in total. The fraction of sp³-hybridized carbons (Fsp3) is 0.0833. The number of rotatable bonds is 3. The molecule has 0 saturated carbocycles. The molecule has 0 spiro atoms. The van der Waals surface area contributed by atoms with Crippen LogP contribution in [0, 0.1) is 0 Å². The van der Waals surface area contributed by atoms with Crippen molar-refractivity contribution >= 4 is 33.3 Å². The van der Waals surface area contributed by atoms with Gasteiger partial charge >= 0.3 is 0 Å². The van der Waals surface area contributed by atoms with Crippen LogP contribution in [0.15, 0.2) is 39.4 Å². The molecule has 0 N–H and O–H groups in total. The molecule has 5 heteroatoms. The van der Waals surface area contributed by atoms with E-state index in [9.17, 15) is 4.79 Å². The maximum atomic E-state index is 12.0. The molecule has 0 saturated heterocycles. The van der Waals surface area contributed by atoms with Gasteiger partial charge in [-0.1, -0.05) is 11.6 Å². The van der Waals surface area contributed by atoms with E-state index in [1.165, 1.54) is 7.11 Å². The first-order chi connectivity index (χ1) is 8.11. The number of methoxy groups -OCH3 is 1. The van der Waals surface area contributed by atoms with Crippen molar-refractivity contribution in [2.24, 2.45) is 0 Å². The lowest BCUT2D eigenvalue weighted by Gasteiger charge is -2.04. The van der Waals surface area contributed by atoms with Crippen molar-refractivity contribution in [3.8, 4) is 5.75 Å². The third-order valence-corrected chi connectivity index (χ3v) is 2.95. The Labute approximate surface area is 111 Å². The lowest BCUT2D eigenvalue weighted by atomic mass is 10.1. The van der Waals surface area contributed by atoms with Crippen LogP contribution < -0.4 is 4.74 Å². The zero-order valence-corrected chi connectivity index (χ0v) is 11.2. The highest BCUT2D eigenvalue weighted by Crippen LogP contribution is 2.26. The average Bonchev–Trinajstić information content (AvgIpc) is 2.75. The second kappa shape index (κ2) is 4.94. The van der Waals surface area contributed by atoms with Gasteiger partial charge in [0.25, 0.3) is 0 Å². The molecule has 0 amide bonds. The van der Waals surface area contributed by atoms with Crippen LogP contribution in [0.1, 0.15) is 16.1 Å². The first-order valence-corrected chi connectivity index (χ1v) is 5.92. The monoisotopic (exact) mass is 314 g/mol. The topological polar surface area (TPSA) is 39.4 Å². The number of ketones is 1. The molecule has 1 aromatic heterocycles. The van der Waals surface area contributed by atoms with Gasteiger partial charge in [-0.2, -0.15) is 0 Å². The largest absolute Gasteiger partial charge is 0.495 e. The van der Waals surface area contributed by atoms with Gasteiger partial charge in [0, 0.05) is 5.56 Å². The van der Waals surface area contributed by atoms with Crippen molar-refractivity contribution in [1.82, 2.24) is 0 Å². The molecule has 2 aromatic rings. The summed E-state index contributed by atoms with van der Waals surface area (Å²) in [5, 5.41) is 0.463. The number of carbonyl (C=O) groups excluding carboxylic acids is 1. The van der Waals surface area contributed by atoms with Crippen LogP contribution in [0.2, 0.25) is 5.02 Å². The molecule has 0 fully saturated rings. The summed E-state index contributed by atoms with van der Waals surface area (Å²) in [6.45, 7) is 0. The summed E-state index contributed by atoms with van der Waals surface area (Å²) in [7, 11) is 1.50. The number of hydrogen-bond donors (Lipinski definition) is 0. The van der Waals surface area contributed by atoms with Gasteiger partial charge in [0.05, 0.1) is 12.1 Å². The van der Waals surface area contributed by atoms with E-state index in [1.807, 2.05) is 0 Å². The normalized spacial score (nSPS) is 10.3. The Kier molecular flexibility index (Phi) is 3.54. The number of carbonyl (C=O) groups is 1. The molecule has 17 heavy (non-hydrogen) atoms. The van der Waals surface area contributed by atoms with Gasteiger partial charge in [0.1, 0.15) is 5.75 Å². The van der Waals surface area contributed by atoms with E-state index in [1.54, 1.807) is 30.3 Å². The minimum Gasteiger partial charge on any atom is -0.495 e. The van der Waals surface area contributed by atoms with E-state index in [4.69, 9.17) is 20.8 Å². The van der Waals surface area contributed by atoms with Crippen molar-refractivity contribution in [1.29, 1.82) is 0 Å². The molecule has 1 heterocycles. The van der Waals surface area contributed by atoms with E-state index < -0.39 is 0 Å². The predicted molar refractivity (Wildman–Crippen MR) is 67.8 cm³/mol. The third kappa shape index (κ3) is 2.53. The lowest BCUT2D eigenvalue weighted by Crippen LogP contribution is -2.00. The molecule has 0 unspecified atom stereocenters. The van der Waals surface area contributed by atoms with Crippen LogP contribution in [0.25, 0.3) is 0 Å². The summed E-state index contributed by atoms with van der Waals surface area (Å²) in [6, 6.07) is 8.10. The molecule has 0 aliphatic carbocycles. The SMILES string of the molecule is COc1cc(C(=O)c2ccc(Br)o2)ccc1Cl. The maximum absolute atomic E-state index is 12.0. The number of ether oxygens (including phenoxy) is 1. The Hall–Kier alpha value is -1.26. The quantitative estimate of drug-likeness (QED) is 0.806. The Morgan fingerprint density at radius 1 is 1.35 bits per heavy atom. The molecule has 2 rings (SSSR count). The Balaban J connectivity index is 2.37. The van der Waals surface area contributed by atoms with Gasteiger partial charge in [0.2, 0.25) is 5.78 Å². The molecule has 1 aromatic carbocycles. The smallest absolute Gasteiger partial charge is 0.228 e. The van der Waals surface area contributed by atoms with E-state index >= 15 is 0 Å². The molecule has 0 radical (unpaired) electrons. The summed E-state index contributed by atoms with van der Waals surface area (Å²) in [5.41, 5.74) is 0.466. The Bertz CT molecular complexity index is 563. The summed E-state index contributed by atoms with van der Waals surface area (Å²) in [6.07, 6.45) is 0. The second-order valence-electron chi connectivity index (χ2n) is 3.28. The van der Waals surface area contributed by atoms with Gasteiger partial charge in [-0.3, -0.25) is 4.79 Å². The molecular formula is C12H8BrClO3. The summed E-state index contributed by atoms with van der Waals surface area (Å²) in [5.74, 6) is 0.509. The third-order valence-electron chi connectivity index (χ3n) is 2.21. The van der Waals surface area contributed by atoms with Crippen molar-refractivity contribution in [2.75, 3.05) is 7.11 Å². The van der Waals surface area contributed by atoms with Gasteiger partial charge in [-0.15, -0.1) is 0 Å². The zero-order chi connectivity index (χ0) is 12.4. The second-order valence-corrected chi connectivity index (χ2v) is 4.47. The fourth-order valence-corrected chi connectivity index (χ4v) is 1.88. The number of hydrogen-bond acceptors (Lipinski definition) is 3. The summed E-state index contributed by atoms with van der Waals surface area (Å²) in [4.78, 5) is 12.0.